The van der Waals surface area contributed by atoms with Gasteiger partial charge >= 0.3 is 0 Å². The number of Topliss-reactive ketones (excluding diaryl/α,β-unsaturated/α-hetero) is 1. The third-order valence-corrected chi connectivity index (χ3v) is 6.87. The highest BCUT2D eigenvalue weighted by Crippen LogP contribution is 2.61. The highest BCUT2D eigenvalue weighted by Gasteiger charge is 2.63. The van der Waals surface area contributed by atoms with E-state index < -0.39 is 0 Å². The van der Waals surface area contributed by atoms with Crippen molar-refractivity contribution in [2.24, 2.45) is 16.7 Å². The third kappa shape index (κ3) is 4.32. The molecule has 31 heavy (non-hydrogen) atoms. The van der Waals surface area contributed by atoms with Crippen LogP contribution in [-0.4, -0.2) is 21.9 Å². The number of carbonyl (C=O) groups excluding carboxylic acids is 1. The lowest BCUT2D eigenvalue weighted by molar-refractivity contribution is -0.196. The van der Waals surface area contributed by atoms with Gasteiger partial charge in [0.25, 0.3) is 0 Å². The van der Waals surface area contributed by atoms with Gasteiger partial charge in [0.05, 0.1) is 22.5 Å². The molecule has 1 aromatic carbocycles. The molecule has 0 radical (unpaired) electrons. The Morgan fingerprint density at radius 1 is 1.16 bits per heavy atom. The van der Waals surface area contributed by atoms with E-state index in [0.29, 0.717) is 28.5 Å². The van der Waals surface area contributed by atoms with Crippen LogP contribution in [0.15, 0.2) is 30.6 Å². The summed E-state index contributed by atoms with van der Waals surface area (Å²) in [5.41, 5.74) is 1.14. The van der Waals surface area contributed by atoms with Crippen molar-refractivity contribution in [1.82, 2.24) is 9.97 Å². The molecular weight excluding hydrogens is 410 g/mol. The van der Waals surface area contributed by atoms with Crippen molar-refractivity contribution in [1.29, 1.82) is 5.26 Å². The molecular formula is C25H30ClN3O2. The summed E-state index contributed by atoms with van der Waals surface area (Å²) in [5.74, 6) is 0.748. The van der Waals surface area contributed by atoms with Gasteiger partial charge in [0.15, 0.2) is 5.78 Å². The van der Waals surface area contributed by atoms with E-state index in [2.05, 4.69) is 64.5 Å². The Labute approximate surface area is 189 Å². The first-order valence-electron chi connectivity index (χ1n) is 10.5. The van der Waals surface area contributed by atoms with Crippen LogP contribution in [0.1, 0.15) is 76.6 Å². The van der Waals surface area contributed by atoms with Gasteiger partial charge in [-0.3, -0.25) is 9.78 Å². The number of rotatable bonds is 5. The number of benzene rings is 1. The zero-order chi connectivity index (χ0) is 23.2. The normalized spacial score (nSPS) is 21.6. The fourth-order valence-electron chi connectivity index (χ4n) is 4.96. The Morgan fingerprint density at radius 3 is 2.29 bits per heavy atom. The van der Waals surface area contributed by atoms with Crippen LogP contribution in [0.3, 0.4) is 0 Å². The van der Waals surface area contributed by atoms with E-state index >= 15 is 0 Å². The minimum atomic E-state index is -0.224. The molecule has 6 heteroatoms. The van der Waals surface area contributed by atoms with Crippen LogP contribution < -0.4 is 4.74 Å². The fraction of sp³-hybridized carbons (Fsp3) is 0.520. The number of halogens is 1. The van der Waals surface area contributed by atoms with Gasteiger partial charge in [0.2, 0.25) is 0 Å². The van der Waals surface area contributed by atoms with Crippen LogP contribution in [0.5, 0.6) is 5.75 Å². The number of nitriles is 1. The van der Waals surface area contributed by atoms with Crippen molar-refractivity contribution in [2.45, 2.75) is 66.4 Å². The van der Waals surface area contributed by atoms with Crippen molar-refractivity contribution in [2.75, 3.05) is 0 Å². The van der Waals surface area contributed by atoms with E-state index in [-0.39, 0.29) is 34.1 Å². The van der Waals surface area contributed by atoms with Crippen LogP contribution in [0.25, 0.3) is 0 Å². The van der Waals surface area contributed by atoms with Crippen LogP contribution in [0, 0.1) is 28.1 Å². The molecule has 0 saturated heterocycles. The molecule has 0 atom stereocenters. The predicted molar refractivity (Wildman–Crippen MR) is 121 cm³/mol. The standard InChI is InChI=1S/C25H30ClN3O2/c1-23(2,3)21-14-28-18(13-29-21)19(30)11-20-24(4,5)22(25(20,6)7)31-16-9-8-15(12-27)17(26)10-16/h8-10,13-14,20,22H,11H2,1-7H3. The number of aromatic nitrogens is 2. The summed E-state index contributed by atoms with van der Waals surface area (Å²) >= 11 is 6.16. The maximum absolute atomic E-state index is 13.0. The topological polar surface area (TPSA) is 75.9 Å². The predicted octanol–water partition coefficient (Wildman–Crippen LogP) is 6.00. The molecule has 164 valence electrons. The largest absolute Gasteiger partial charge is 0.489 e. The summed E-state index contributed by atoms with van der Waals surface area (Å²) in [7, 11) is 0. The lowest BCUT2D eigenvalue weighted by Crippen LogP contribution is -2.66. The second-order valence-corrected chi connectivity index (χ2v) is 11.0. The summed E-state index contributed by atoms with van der Waals surface area (Å²) in [6.07, 6.45) is 3.58. The minimum Gasteiger partial charge on any atom is -0.489 e. The van der Waals surface area contributed by atoms with E-state index in [1.165, 1.54) is 0 Å². The molecule has 0 spiro atoms. The summed E-state index contributed by atoms with van der Waals surface area (Å²) in [4.78, 5) is 21.8. The monoisotopic (exact) mass is 439 g/mol. The molecule has 1 heterocycles. The first-order valence-corrected chi connectivity index (χ1v) is 10.9. The molecule has 0 amide bonds. The van der Waals surface area contributed by atoms with Gasteiger partial charge in [-0.25, -0.2) is 4.98 Å². The number of ketones is 1. The van der Waals surface area contributed by atoms with Gasteiger partial charge in [-0.05, 0) is 18.1 Å². The van der Waals surface area contributed by atoms with Crippen LogP contribution in [0.4, 0.5) is 0 Å². The summed E-state index contributed by atoms with van der Waals surface area (Å²) in [6, 6.07) is 7.16. The minimum absolute atomic E-state index is 0.000947. The molecule has 3 rings (SSSR count). The smallest absolute Gasteiger partial charge is 0.183 e. The van der Waals surface area contributed by atoms with Crippen molar-refractivity contribution in [3.8, 4) is 11.8 Å². The first-order chi connectivity index (χ1) is 14.3. The number of nitrogens with zero attached hydrogens (tertiary/aromatic N) is 3. The van der Waals surface area contributed by atoms with Crippen LogP contribution >= 0.6 is 11.6 Å². The van der Waals surface area contributed by atoms with E-state index in [1.54, 1.807) is 30.6 Å². The zero-order valence-electron chi connectivity index (χ0n) is 19.3. The highest BCUT2D eigenvalue weighted by molar-refractivity contribution is 6.31. The van der Waals surface area contributed by atoms with Gasteiger partial charge in [0.1, 0.15) is 23.6 Å². The van der Waals surface area contributed by atoms with Crippen molar-refractivity contribution >= 4 is 17.4 Å². The van der Waals surface area contributed by atoms with Gasteiger partial charge in [-0.1, -0.05) is 60.1 Å². The molecule has 0 unspecified atom stereocenters. The Hall–Kier alpha value is -2.45. The van der Waals surface area contributed by atoms with Gasteiger partial charge in [-0.2, -0.15) is 5.26 Å². The molecule has 5 nitrogen and oxygen atoms in total. The average Bonchev–Trinajstić information content (AvgIpc) is 2.69. The Balaban J connectivity index is 1.74. The lowest BCUT2D eigenvalue weighted by atomic mass is 9.44. The maximum Gasteiger partial charge on any atom is 0.183 e. The Bertz CT molecular complexity index is 1010. The molecule has 1 fully saturated rings. The number of hydrogen-bond donors (Lipinski definition) is 0. The molecule has 0 aliphatic heterocycles. The van der Waals surface area contributed by atoms with Crippen LogP contribution in [-0.2, 0) is 5.41 Å². The highest BCUT2D eigenvalue weighted by atomic mass is 35.5. The van der Waals surface area contributed by atoms with Gasteiger partial charge in [0, 0.05) is 34.9 Å². The first kappa shape index (κ1) is 23.2. The summed E-state index contributed by atoms with van der Waals surface area (Å²) in [6.45, 7) is 14.7. The van der Waals surface area contributed by atoms with E-state index in [0.717, 1.165) is 5.69 Å². The van der Waals surface area contributed by atoms with E-state index in [9.17, 15) is 4.79 Å². The Morgan fingerprint density at radius 2 is 1.81 bits per heavy atom. The zero-order valence-corrected chi connectivity index (χ0v) is 20.0. The summed E-state index contributed by atoms with van der Waals surface area (Å²) < 4.78 is 6.30. The number of ether oxygens (including phenoxy) is 1. The van der Waals surface area contributed by atoms with E-state index in [1.807, 2.05) is 0 Å². The van der Waals surface area contributed by atoms with Crippen molar-refractivity contribution < 1.29 is 9.53 Å². The molecule has 2 aromatic rings. The molecule has 0 N–H and O–H groups in total. The van der Waals surface area contributed by atoms with Crippen LogP contribution in [0.2, 0.25) is 5.02 Å². The molecule has 1 saturated carbocycles. The second kappa shape index (κ2) is 7.91. The second-order valence-electron chi connectivity index (χ2n) is 10.6. The van der Waals surface area contributed by atoms with E-state index in [4.69, 9.17) is 21.6 Å². The molecule has 1 aromatic heterocycles. The molecule has 0 bridgehead atoms. The van der Waals surface area contributed by atoms with Gasteiger partial charge < -0.3 is 4.74 Å². The maximum atomic E-state index is 13.0. The SMILES string of the molecule is CC(C)(C)c1cnc(C(=O)CC2C(C)(C)C(Oc3ccc(C#N)c(Cl)c3)C2(C)C)cn1. The average molecular weight is 440 g/mol. The molecule has 1 aliphatic carbocycles. The summed E-state index contributed by atoms with van der Waals surface area (Å²) in [5, 5.41) is 9.44. The Kier molecular flexibility index (Phi) is 5.92. The fourth-order valence-corrected chi connectivity index (χ4v) is 5.17. The lowest BCUT2D eigenvalue weighted by Gasteiger charge is -2.63. The number of carbonyl (C=O) groups is 1. The van der Waals surface area contributed by atoms with Crippen molar-refractivity contribution in [3.63, 3.8) is 0 Å². The van der Waals surface area contributed by atoms with Crippen molar-refractivity contribution in [3.05, 3.63) is 52.6 Å². The quantitative estimate of drug-likeness (QED) is 0.534. The number of hydrogen-bond acceptors (Lipinski definition) is 5. The van der Waals surface area contributed by atoms with Gasteiger partial charge in [-0.15, -0.1) is 0 Å². The third-order valence-electron chi connectivity index (χ3n) is 6.56. The molecule has 1 aliphatic rings.